The zero-order chi connectivity index (χ0) is 10.1. The van der Waals surface area contributed by atoms with Crippen LogP contribution in [0.4, 0.5) is 0 Å². The molecule has 1 fully saturated rings. The maximum Gasteiger partial charge on any atom is 0.308 e. The fraction of sp³-hybridized carbons (Fsp3) is 0.429. The summed E-state index contributed by atoms with van der Waals surface area (Å²) < 4.78 is 1.39. The number of aromatic nitrogens is 3. The molecule has 1 amide bonds. The number of aliphatic carboxylic acids is 1. The molecule has 0 aromatic carbocycles. The van der Waals surface area contributed by atoms with Crippen molar-refractivity contribution in [1.82, 2.24) is 14.9 Å². The Balaban J connectivity index is 2.16. The van der Waals surface area contributed by atoms with E-state index < -0.39 is 11.9 Å². The molecule has 0 aliphatic carbocycles. The predicted molar refractivity (Wildman–Crippen MR) is 43.9 cm³/mol. The van der Waals surface area contributed by atoms with Crippen molar-refractivity contribution in [3.05, 3.63) is 12.7 Å². The van der Waals surface area contributed by atoms with E-state index in [2.05, 4.69) is 10.2 Å². The van der Waals surface area contributed by atoms with E-state index in [-0.39, 0.29) is 18.9 Å². The second-order valence-electron chi connectivity index (χ2n) is 3.06. The van der Waals surface area contributed by atoms with Crippen LogP contribution in [-0.4, -0.2) is 38.4 Å². The van der Waals surface area contributed by atoms with Gasteiger partial charge in [-0.05, 0) is 0 Å². The number of carbonyl (C=O) groups is 2. The molecule has 7 nitrogen and oxygen atoms in total. The molecule has 0 saturated carbocycles. The highest BCUT2D eigenvalue weighted by molar-refractivity contribution is 5.93. The molecule has 2 rings (SSSR count). The smallest absolute Gasteiger partial charge is 0.308 e. The first-order valence-electron chi connectivity index (χ1n) is 4.06. The first-order valence-corrected chi connectivity index (χ1v) is 4.06. The van der Waals surface area contributed by atoms with Crippen molar-refractivity contribution in [3.63, 3.8) is 0 Å². The lowest BCUT2D eigenvalue weighted by molar-refractivity contribution is -0.141. The Kier molecular flexibility index (Phi) is 1.91. The van der Waals surface area contributed by atoms with Gasteiger partial charge in [-0.15, -0.1) is 10.2 Å². The number of carbonyl (C=O) groups excluding carboxylic acids is 1. The number of hydrogen-bond acceptors (Lipinski definition) is 4. The summed E-state index contributed by atoms with van der Waals surface area (Å²) in [4.78, 5) is 22.0. The van der Waals surface area contributed by atoms with Crippen LogP contribution in [0.2, 0.25) is 0 Å². The van der Waals surface area contributed by atoms with E-state index in [1.807, 2.05) is 0 Å². The van der Waals surface area contributed by atoms with Gasteiger partial charge in [0.05, 0.1) is 12.5 Å². The predicted octanol–water partition coefficient (Wildman–Crippen LogP) is -1.15. The zero-order valence-corrected chi connectivity index (χ0v) is 7.20. The normalized spacial score (nSPS) is 21.6. The molecule has 1 saturated heterocycles. The van der Waals surface area contributed by atoms with Gasteiger partial charge < -0.3 is 5.11 Å². The second kappa shape index (κ2) is 3.09. The first-order chi connectivity index (χ1) is 6.68. The molecule has 0 spiro atoms. The lowest BCUT2D eigenvalue weighted by atomic mass is 10.1. The first kappa shape index (κ1) is 8.67. The minimum absolute atomic E-state index is 0.0352. The van der Waals surface area contributed by atoms with Gasteiger partial charge in [0.25, 0.3) is 0 Å². The molecule has 0 bridgehead atoms. The van der Waals surface area contributed by atoms with Crippen LogP contribution in [0.1, 0.15) is 6.42 Å². The highest BCUT2D eigenvalue weighted by Gasteiger charge is 2.35. The van der Waals surface area contributed by atoms with E-state index in [1.165, 1.54) is 22.3 Å². The molecule has 74 valence electrons. The fourth-order valence-corrected chi connectivity index (χ4v) is 1.40. The van der Waals surface area contributed by atoms with Crippen LogP contribution in [0.3, 0.4) is 0 Å². The van der Waals surface area contributed by atoms with Gasteiger partial charge in [-0.3, -0.25) is 9.59 Å². The highest BCUT2D eigenvalue weighted by Crippen LogP contribution is 2.16. The third kappa shape index (κ3) is 1.32. The second-order valence-corrected chi connectivity index (χ2v) is 3.06. The molecule has 1 aliphatic rings. The van der Waals surface area contributed by atoms with Crippen molar-refractivity contribution in [2.75, 3.05) is 11.6 Å². The summed E-state index contributed by atoms with van der Waals surface area (Å²) in [6.45, 7) is 0.173. The molecule has 1 N–H and O–H groups in total. The maximum absolute atomic E-state index is 11.4. The molecule has 1 aliphatic heterocycles. The number of carboxylic acid groups (broad SMARTS) is 1. The van der Waals surface area contributed by atoms with Crippen LogP contribution < -0.4 is 5.01 Å². The van der Waals surface area contributed by atoms with Crippen molar-refractivity contribution in [3.8, 4) is 0 Å². The maximum atomic E-state index is 11.4. The molecule has 1 aromatic rings. The van der Waals surface area contributed by atoms with Gasteiger partial charge >= 0.3 is 5.97 Å². The number of rotatable bonds is 2. The van der Waals surface area contributed by atoms with E-state index in [0.717, 1.165) is 0 Å². The molecule has 1 unspecified atom stereocenters. The van der Waals surface area contributed by atoms with E-state index >= 15 is 0 Å². The number of hydrogen-bond donors (Lipinski definition) is 1. The van der Waals surface area contributed by atoms with Gasteiger partial charge in [0.1, 0.15) is 12.7 Å². The average Bonchev–Trinajstić information content (AvgIpc) is 2.71. The van der Waals surface area contributed by atoms with Gasteiger partial charge in [0.15, 0.2) is 0 Å². The quantitative estimate of drug-likeness (QED) is 0.645. The monoisotopic (exact) mass is 196 g/mol. The van der Waals surface area contributed by atoms with Crippen LogP contribution in [0.25, 0.3) is 0 Å². The lowest BCUT2D eigenvalue weighted by Gasteiger charge is -2.14. The minimum atomic E-state index is -0.950. The Morgan fingerprint density at radius 3 is 2.64 bits per heavy atom. The summed E-state index contributed by atoms with van der Waals surface area (Å²) in [6.07, 6.45) is 2.76. The lowest BCUT2D eigenvalue weighted by Crippen LogP contribution is -2.35. The van der Waals surface area contributed by atoms with E-state index in [4.69, 9.17) is 5.11 Å². The van der Waals surface area contributed by atoms with Gasteiger partial charge in [0, 0.05) is 6.42 Å². The number of amides is 1. The largest absolute Gasteiger partial charge is 0.481 e. The molecule has 1 atom stereocenters. The van der Waals surface area contributed by atoms with Crippen molar-refractivity contribution in [2.24, 2.45) is 5.92 Å². The highest BCUT2D eigenvalue weighted by atomic mass is 16.4. The molecule has 7 heteroatoms. The summed E-state index contributed by atoms with van der Waals surface area (Å²) >= 11 is 0. The Morgan fingerprint density at radius 2 is 2.14 bits per heavy atom. The standard InChI is InChI=1S/C7H8N4O3/c12-6-1-5(7(13)14)2-11(6)10-3-8-9-4-10/h3-5H,1-2H2,(H,13,14). The number of nitrogens with zero attached hydrogens (tertiary/aromatic N) is 4. The molecule has 14 heavy (non-hydrogen) atoms. The van der Waals surface area contributed by atoms with Gasteiger partial charge in [-0.1, -0.05) is 0 Å². The summed E-state index contributed by atoms with van der Waals surface area (Å²) in [7, 11) is 0. The van der Waals surface area contributed by atoms with Crippen LogP contribution in [0, 0.1) is 5.92 Å². The summed E-state index contributed by atoms with van der Waals surface area (Å²) in [5.41, 5.74) is 0. The molecular formula is C7H8N4O3. The summed E-state index contributed by atoms with van der Waals surface area (Å²) in [6, 6.07) is 0. The number of carboxylic acids is 1. The topological polar surface area (TPSA) is 88.3 Å². The third-order valence-corrected chi connectivity index (χ3v) is 2.14. The van der Waals surface area contributed by atoms with Crippen LogP contribution in [0.5, 0.6) is 0 Å². The fourth-order valence-electron chi connectivity index (χ4n) is 1.40. The minimum Gasteiger partial charge on any atom is -0.481 e. The third-order valence-electron chi connectivity index (χ3n) is 2.14. The van der Waals surface area contributed by atoms with Crippen LogP contribution in [-0.2, 0) is 9.59 Å². The van der Waals surface area contributed by atoms with E-state index in [1.54, 1.807) is 0 Å². The summed E-state index contributed by atoms with van der Waals surface area (Å²) in [5.74, 6) is -1.81. The zero-order valence-electron chi connectivity index (χ0n) is 7.20. The Labute approximate surface area is 78.9 Å². The van der Waals surface area contributed by atoms with Gasteiger partial charge in [-0.2, -0.15) is 0 Å². The Morgan fingerprint density at radius 1 is 1.50 bits per heavy atom. The van der Waals surface area contributed by atoms with Gasteiger partial charge in [0.2, 0.25) is 5.91 Å². The SMILES string of the molecule is O=C(O)C1CC(=O)N(n2cnnc2)C1. The van der Waals surface area contributed by atoms with Crippen molar-refractivity contribution >= 4 is 11.9 Å². The van der Waals surface area contributed by atoms with Crippen molar-refractivity contribution < 1.29 is 14.7 Å². The summed E-state index contributed by atoms with van der Waals surface area (Å²) in [5, 5.41) is 17.1. The van der Waals surface area contributed by atoms with Gasteiger partial charge in [-0.25, -0.2) is 9.69 Å². The molecule has 1 aromatic heterocycles. The average molecular weight is 196 g/mol. The van der Waals surface area contributed by atoms with E-state index in [0.29, 0.717) is 0 Å². The van der Waals surface area contributed by atoms with Crippen molar-refractivity contribution in [1.29, 1.82) is 0 Å². The molecule has 0 radical (unpaired) electrons. The van der Waals surface area contributed by atoms with E-state index in [9.17, 15) is 9.59 Å². The van der Waals surface area contributed by atoms with Crippen LogP contribution >= 0.6 is 0 Å². The Bertz CT molecular complexity index is 361. The Hall–Kier alpha value is -1.92. The molecule has 2 heterocycles. The van der Waals surface area contributed by atoms with Crippen molar-refractivity contribution in [2.45, 2.75) is 6.42 Å². The molecular weight excluding hydrogens is 188 g/mol. The van der Waals surface area contributed by atoms with Crippen LogP contribution in [0.15, 0.2) is 12.7 Å².